The third-order valence-electron chi connectivity index (χ3n) is 3.54. The van der Waals surface area contributed by atoms with Crippen LogP contribution in [0.1, 0.15) is 18.5 Å². The van der Waals surface area contributed by atoms with Crippen molar-refractivity contribution in [1.82, 2.24) is 10.2 Å². The summed E-state index contributed by atoms with van der Waals surface area (Å²) in [6.07, 6.45) is 0. The second kappa shape index (κ2) is 6.16. The van der Waals surface area contributed by atoms with Crippen LogP contribution in [0.15, 0.2) is 30.3 Å². The molecule has 98 valence electrons. The first-order valence-electron chi connectivity index (χ1n) is 6.58. The molecule has 0 radical (unpaired) electrons. The predicted octanol–water partition coefficient (Wildman–Crippen LogP) is 0.452. The minimum atomic E-state index is 0.269. The van der Waals surface area contributed by atoms with Crippen molar-refractivity contribution >= 4 is 17.3 Å². The molecule has 1 aromatic rings. The van der Waals surface area contributed by atoms with Crippen molar-refractivity contribution < 1.29 is 4.90 Å². The molecule has 2 N–H and O–H groups in total. The Morgan fingerprint density at radius 1 is 1.28 bits per heavy atom. The first-order chi connectivity index (χ1) is 8.66. The summed E-state index contributed by atoms with van der Waals surface area (Å²) in [6.45, 7) is 6.60. The van der Waals surface area contributed by atoms with E-state index in [0.29, 0.717) is 0 Å². The number of likely N-dealkylation sites (N-methyl/N-ethyl adjacent to an activating group) is 1. The molecule has 0 bridgehead atoms. The topological polar surface area (TPSA) is 19.7 Å². The summed E-state index contributed by atoms with van der Waals surface area (Å²) >= 11 is 5.49. The van der Waals surface area contributed by atoms with Gasteiger partial charge in [0.25, 0.3) is 0 Å². The fourth-order valence-electron chi connectivity index (χ4n) is 2.19. The Balaban J connectivity index is 1.87. The summed E-state index contributed by atoms with van der Waals surface area (Å²) in [4.78, 5) is 3.87. The van der Waals surface area contributed by atoms with Gasteiger partial charge >= 0.3 is 0 Å². The molecular formula is C14H22N3S+. The standard InChI is InChI=1S/C14H21N3S/c1-12(13-6-4-3-5-7-13)15-14(18)17-10-8-16(2)9-11-17/h3-7,12H,8-11H2,1-2H3,(H,15,18)/p+1. The Kier molecular flexibility index (Phi) is 4.55. The fourth-order valence-corrected chi connectivity index (χ4v) is 2.55. The largest absolute Gasteiger partial charge is 0.356 e. The number of benzene rings is 1. The second-order valence-electron chi connectivity index (χ2n) is 5.03. The highest BCUT2D eigenvalue weighted by atomic mass is 32.1. The van der Waals surface area contributed by atoms with Crippen LogP contribution in [0.3, 0.4) is 0 Å². The van der Waals surface area contributed by atoms with Gasteiger partial charge < -0.3 is 15.1 Å². The van der Waals surface area contributed by atoms with Crippen molar-refractivity contribution in [2.24, 2.45) is 0 Å². The Bertz CT molecular complexity index is 385. The summed E-state index contributed by atoms with van der Waals surface area (Å²) in [5.41, 5.74) is 1.28. The van der Waals surface area contributed by atoms with Crippen molar-refractivity contribution in [2.45, 2.75) is 13.0 Å². The SMILES string of the molecule is CC(NC(=S)N1CC[NH+](C)CC1)c1ccccc1. The van der Waals surface area contributed by atoms with Crippen molar-refractivity contribution in [3.8, 4) is 0 Å². The summed E-state index contributed by atoms with van der Waals surface area (Å²) in [5, 5.41) is 4.32. The molecule has 2 rings (SSSR count). The smallest absolute Gasteiger partial charge is 0.169 e. The number of nitrogens with one attached hydrogen (secondary N) is 2. The molecule has 1 unspecified atom stereocenters. The van der Waals surface area contributed by atoms with Gasteiger partial charge in [-0.05, 0) is 24.7 Å². The van der Waals surface area contributed by atoms with Crippen LogP contribution >= 0.6 is 12.2 Å². The van der Waals surface area contributed by atoms with Crippen molar-refractivity contribution in [3.05, 3.63) is 35.9 Å². The third-order valence-corrected chi connectivity index (χ3v) is 3.92. The van der Waals surface area contributed by atoms with Gasteiger partial charge in [0, 0.05) is 0 Å². The lowest BCUT2D eigenvalue weighted by molar-refractivity contribution is -0.883. The van der Waals surface area contributed by atoms with Crippen LogP contribution in [-0.2, 0) is 0 Å². The molecule has 1 heterocycles. The quantitative estimate of drug-likeness (QED) is 0.757. The number of hydrogen-bond donors (Lipinski definition) is 2. The van der Waals surface area contributed by atoms with Crippen LogP contribution in [0.4, 0.5) is 0 Å². The van der Waals surface area contributed by atoms with Crippen molar-refractivity contribution in [2.75, 3.05) is 33.2 Å². The summed E-state index contributed by atoms with van der Waals surface area (Å²) in [6, 6.07) is 10.7. The summed E-state index contributed by atoms with van der Waals surface area (Å²) in [7, 11) is 2.24. The van der Waals surface area contributed by atoms with E-state index in [-0.39, 0.29) is 6.04 Å². The summed E-state index contributed by atoms with van der Waals surface area (Å²) < 4.78 is 0. The fraction of sp³-hybridized carbons (Fsp3) is 0.500. The van der Waals surface area contributed by atoms with E-state index in [1.165, 1.54) is 18.7 Å². The number of rotatable bonds is 2. The number of hydrogen-bond acceptors (Lipinski definition) is 1. The number of piperazine rings is 1. The number of nitrogens with zero attached hydrogens (tertiary/aromatic N) is 1. The molecular weight excluding hydrogens is 242 g/mol. The molecule has 4 heteroatoms. The van der Waals surface area contributed by atoms with E-state index < -0.39 is 0 Å². The van der Waals surface area contributed by atoms with Gasteiger partial charge in [0.15, 0.2) is 5.11 Å². The maximum atomic E-state index is 5.49. The molecule has 1 aromatic carbocycles. The van der Waals surface area contributed by atoms with Crippen LogP contribution < -0.4 is 10.2 Å². The highest BCUT2D eigenvalue weighted by molar-refractivity contribution is 7.80. The summed E-state index contributed by atoms with van der Waals surface area (Å²) in [5.74, 6) is 0. The molecule has 0 amide bonds. The van der Waals surface area contributed by atoms with Gasteiger partial charge in [-0.15, -0.1) is 0 Å². The third kappa shape index (κ3) is 3.43. The molecule has 1 atom stereocenters. The number of quaternary nitrogens is 1. The predicted molar refractivity (Wildman–Crippen MR) is 78.8 cm³/mol. The van der Waals surface area contributed by atoms with Crippen molar-refractivity contribution in [1.29, 1.82) is 0 Å². The lowest BCUT2D eigenvalue weighted by Crippen LogP contribution is -3.12. The van der Waals surface area contributed by atoms with E-state index >= 15 is 0 Å². The first kappa shape index (κ1) is 13.3. The van der Waals surface area contributed by atoms with Gasteiger partial charge in [0.1, 0.15) is 0 Å². The molecule has 0 spiro atoms. The Hall–Kier alpha value is -1.13. The van der Waals surface area contributed by atoms with E-state index in [4.69, 9.17) is 12.2 Å². The highest BCUT2D eigenvalue weighted by Crippen LogP contribution is 2.11. The lowest BCUT2D eigenvalue weighted by atomic mass is 10.1. The van der Waals surface area contributed by atoms with Gasteiger partial charge in [-0.3, -0.25) is 0 Å². The molecule has 1 saturated heterocycles. The highest BCUT2D eigenvalue weighted by Gasteiger charge is 2.19. The normalized spacial score (nSPS) is 18.4. The Labute approximate surface area is 115 Å². The maximum absolute atomic E-state index is 5.49. The van der Waals surface area contributed by atoms with E-state index in [2.05, 4.69) is 48.5 Å². The maximum Gasteiger partial charge on any atom is 0.169 e. The monoisotopic (exact) mass is 264 g/mol. The molecule has 3 nitrogen and oxygen atoms in total. The van der Waals surface area contributed by atoms with Gasteiger partial charge in [0.05, 0.1) is 39.3 Å². The van der Waals surface area contributed by atoms with Gasteiger partial charge in [-0.25, -0.2) is 0 Å². The van der Waals surface area contributed by atoms with Crippen LogP contribution in [0.25, 0.3) is 0 Å². The minimum Gasteiger partial charge on any atom is -0.356 e. The zero-order valence-corrected chi connectivity index (χ0v) is 12.0. The first-order valence-corrected chi connectivity index (χ1v) is 6.99. The van der Waals surface area contributed by atoms with E-state index in [0.717, 1.165) is 18.2 Å². The van der Waals surface area contributed by atoms with Gasteiger partial charge in [-0.1, -0.05) is 30.3 Å². The van der Waals surface area contributed by atoms with Crippen LogP contribution in [0.2, 0.25) is 0 Å². The zero-order chi connectivity index (χ0) is 13.0. The molecule has 1 aliphatic heterocycles. The molecule has 0 aliphatic carbocycles. The van der Waals surface area contributed by atoms with Crippen LogP contribution in [-0.4, -0.2) is 43.2 Å². The average Bonchev–Trinajstić information content (AvgIpc) is 2.40. The van der Waals surface area contributed by atoms with Crippen LogP contribution in [0.5, 0.6) is 0 Å². The number of thiocarbonyl (C=S) groups is 1. The Morgan fingerprint density at radius 3 is 2.50 bits per heavy atom. The second-order valence-corrected chi connectivity index (χ2v) is 5.41. The van der Waals surface area contributed by atoms with Crippen LogP contribution in [0, 0.1) is 0 Å². The molecule has 0 saturated carbocycles. The van der Waals surface area contributed by atoms with Crippen molar-refractivity contribution in [3.63, 3.8) is 0 Å². The van der Waals surface area contributed by atoms with E-state index in [1.807, 2.05) is 6.07 Å². The average molecular weight is 264 g/mol. The van der Waals surface area contributed by atoms with Gasteiger partial charge in [0.2, 0.25) is 0 Å². The van der Waals surface area contributed by atoms with Gasteiger partial charge in [-0.2, -0.15) is 0 Å². The molecule has 18 heavy (non-hydrogen) atoms. The van der Waals surface area contributed by atoms with E-state index in [1.54, 1.807) is 4.90 Å². The zero-order valence-electron chi connectivity index (χ0n) is 11.1. The lowest BCUT2D eigenvalue weighted by Gasteiger charge is -2.33. The Morgan fingerprint density at radius 2 is 1.89 bits per heavy atom. The molecule has 0 aromatic heterocycles. The van der Waals surface area contributed by atoms with E-state index in [9.17, 15) is 0 Å². The molecule has 1 aliphatic rings. The molecule has 1 fully saturated rings. The minimum absolute atomic E-state index is 0.269.